The lowest BCUT2D eigenvalue weighted by molar-refractivity contribution is -0.167. The average Bonchev–Trinajstić information content (AvgIpc) is 3.41. The summed E-state index contributed by atoms with van der Waals surface area (Å²) < 4.78 is 16.9. The van der Waals surface area contributed by atoms with Gasteiger partial charge in [0.1, 0.15) is 13.2 Å². The van der Waals surface area contributed by atoms with Gasteiger partial charge in [0.2, 0.25) is 0 Å². The van der Waals surface area contributed by atoms with Gasteiger partial charge in [0.25, 0.3) is 0 Å². The molecule has 1 atom stereocenters. The van der Waals surface area contributed by atoms with E-state index in [2.05, 4.69) is 69.4 Å². The quantitative estimate of drug-likeness (QED) is 0.0261. The third kappa shape index (κ3) is 62.1. The van der Waals surface area contributed by atoms with Crippen LogP contribution >= 0.6 is 0 Å². The molecule has 1 unspecified atom stereocenters. The van der Waals surface area contributed by atoms with Crippen LogP contribution in [0.3, 0.4) is 0 Å². The van der Waals surface area contributed by atoms with Gasteiger partial charge >= 0.3 is 17.9 Å². The maximum atomic E-state index is 12.9. The van der Waals surface area contributed by atoms with Crippen molar-refractivity contribution in [3.8, 4) is 0 Å². The first-order chi connectivity index (χ1) is 37.0. The highest BCUT2D eigenvalue weighted by molar-refractivity contribution is 5.71. The Bertz CT molecular complexity index is 1300. The van der Waals surface area contributed by atoms with Crippen LogP contribution in [0.1, 0.15) is 355 Å². The number of allylic oxidation sites excluding steroid dienone is 8. The van der Waals surface area contributed by atoms with Crippen molar-refractivity contribution in [1.29, 1.82) is 0 Å². The molecule has 0 amide bonds. The first kappa shape index (κ1) is 72.4. The van der Waals surface area contributed by atoms with E-state index in [4.69, 9.17) is 14.2 Å². The largest absolute Gasteiger partial charge is 0.462 e. The van der Waals surface area contributed by atoms with E-state index in [9.17, 15) is 14.4 Å². The van der Waals surface area contributed by atoms with Crippen LogP contribution < -0.4 is 0 Å². The van der Waals surface area contributed by atoms with Crippen molar-refractivity contribution in [2.24, 2.45) is 0 Å². The molecule has 75 heavy (non-hydrogen) atoms. The lowest BCUT2D eigenvalue weighted by Gasteiger charge is -2.18. The van der Waals surface area contributed by atoms with E-state index in [0.29, 0.717) is 19.3 Å². The number of hydrogen-bond acceptors (Lipinski definition) is 6. The number of unbranched alkanes of at least 4 members (excludes halogenated alkanes) is 42. The van der Waals surface area contributed by atoms with Gasteiger partial charge in [-0.1, -0.05) is 326 Å². The molecule has 0 fully saturated rings. The van der Waals surface area contributed by atoms with Crippen LogP contribution in [0.15, 0.2) is 48.6 Å². The maximum Gasteiger partial charge on any atom is 0.306 e. The second-order valence-electron chi connectivity index (χ2n) is 22.4. The van der Waals surface area contributed by atoms with Gasteiger partial charge in [0, 0.05) is 19.3 Å². The maximum absolute atomic E-state index is 12.9. The lowest BCUT2D eigenvalue weighted by atomic mass is 10.0. The molecular weight excluding hydrogens is 925 g/mol. The summed E-state index contributed by atoms with van der Waals surface area (Å²) in [4.78, 5) is 38.3. The fourth-order valence-corrected chi connectivity index (χ4v) is 9.91. The zero-order valence-electron chi connectivity index (χ0n) is 50.3. The molecule has 0 heterocycles. The molecule has 0 bridgehead atoms. The highest BCUT2D eigenvalue weighted by Crippen LogP contribution is 2.18. The summed E-state index contributed by atoms with van der Waals surface area (Å²) in [5.41, 5.74) is 0. The molecule has 0 aromatic carbocycles. The summed E-state index contributed by atoms with van der Waals surface area (Å²) >= 11 is 0. The molecular formula is C69H126O6. The molecule has 0 aliphatic heterocycles. The highest BCUT2D eigenvalue weighted by atomic mass is 16.6. The number of ether oxygens (including phenoxy) is 3. The normalized spacial score (nSPS) is 12.3. The molecule has 0 rings (SSSR count). The van der Waals surface area contributed by atoms with Crippen LogP contribution in [-0.4, -0.2) is 37.2 Å². The SMILES string of the molecule is CC/C=C\C/C=C\C/C=C\C/C=C\CCCCC(=O)OCC(COC(=O)CCCCCCCCCCCCCCCCCCCCCCCCCCCC)OC(=O)CCCCCCCCCCCCCCCCCC. The monoisotopic (exact) mass is 1050 g/mol. The van der Waals surface area contributed by atoms with E-state index in [0.717, 1.165) is 83.5 Å². The van der Waals surface area contributed by atoms with Gasteiger partial charge in [-0.3, -0.25) is 14.4 Å². The zero-order chi connectivity index (χ0) is 54.3. The van der Waals surface area contributed by atoms with Crippen LogP contribution in [0.5, 0.6) is 0 Å². The van der Waals surface area contributed by atoms with E-state index >= 15 is 0 Å². The fraction of sp³-hybridized carbons (Fsp3) is 0.841. The van der Waals surface area contributed by atoms with Gasteiger partial charge < -0.3 is 14.2 Å². The number of rotatable bonds is 61. The van der Waals surface area contributed by atoms with Gasteiger partial charge in [0.05, 0.1) is 0 Å². The van der Waals surface area contributed by atoms with Crippen molar-refractivity contribution in [3.63, 3.8) is 0 Å². The van der Waals surface area contributed by atoms with Crippen molar-refractivity contribution in [2.75, 3.05) is 13.2 Å². The first-order valence-electron chi connectivity index (χ1n) is 33.1. The number of carbonyl (C=O) groups excluding carboxylic acids is 3. The van der Waals surface area contributed by atoms with Crippen molar-refractivity contribution >= 4 is 17.9 Å². The molecule has 0 aromatic rings. The minimum Gasteiger partial charge on any atom is -0.462 e. The van der Waals surface area contributed by atoms with Crippen LogP contribution in [0.25, 0.3) is 0 Å². The van der Waals surface area contributed by atoms with Crippen LogP contribution in [-0.2, 0) is 28.6 Å². The van der Waals surface area contributed by atoms with Crippen molar-refractivity contribution in [2.45, 2.75) is 361 Å². The van der Waals surface area contributed by atoms with E-state index in [-0.39, 0.29) is 31.1 Å². The summed E-state index contributed by atoms with van der Waals surface area (Å²) in [6, 6.07) is 0. The second kappa shape index (κ2) is 63.9. The summed E-state index contributed by atoms with van der Waals surface area (Å²) in [7, 11) is 0. The fourth-order valence-electron chi connectivity index (χ4n) is 9.91. The number of carbonyl (C=O) groups is 3. The van der Waals surface area contributed by atoms with Crippen molar-refractivity contribution in [3.05, 3.63) is 48.6 Å². The minimum atomic E-state index is -0.787. The number of hydrogen-bond donors (Lipinski definition) is 0. The smallest absolute Gasteiger partial charge is 0.306 e. The van der Waals surface area contributed by atoms with Gasteiger partial charge in [-0.2, -0.15) is 0 Å². The Balaban J connectivity index is 4.25. The molecule has 438 valence electrons. The molecule has 0 aromatic heterocycles. The van der Waals surface area contributed by atoms with Crippen LogP contribution in [0, 0.1) is 0 Å². The predicted molar refractivity (Wildman–Crippen MR) is 325 cm³/mol. The van der Waals surface area contributed by atoms with E-state index < -0.39 is 6.10 Å². The summed E-state index contributed by atoms with van der Waals surface area (Å²) in [5, 5.41) is 0. The first-order valence-corrected chi connectivity index (χ1v) is 33.1. The number of esters is 3. The van der Waals surface area contributed by atoms with Gasteiger partial charge in [0.15, 0.2) is 6.10 Å². The molecule has 0 radical (unpaired) electrons. The Morgan fingerprint density at radius 1 is 0.280 bits per heavy atom. The average molecular weight is 1050 g/mol. The zero-order valence-corrected chi connectivity index (χ0v) is 50.3. The Hall–Kier alpha value is -2.63. The minimum absolute atomic E-state index is 0.0812. The van der Waals surface area contributed by atoms with Gasteiger partial charge in [-0.05, 0) is 57.8 Å². The van der Waals surface area contributed by atoms with Crippen molar-refractivity contribution in [1.82, 2.24) is 0 Å². The second-order valence-corrected chi connectivity index (χ2v) is 22.4. The summed E-state index contributed by atoms with van der Waals surface area (Å²) in [6.07, 6.45) is 80.0. The summed E-state index contributed by atoms with van der Waals surface area (Å²) in [6.45, 7) is 6.55. The molecule has 6 heteroatoms. The molecule has 0 spiro atoms. The highest BCUT2D eigenvalue weighted by Gasteiger charge is 2.19. The third-order valence-corrected chi connectivity index (χ3v) is 14.8. The lowest BCUT2D eigenvalue weighted by Crippen LogP contribution is -2.30. The molecule has 0 saturated heterocycles. The molecule has 0 aliphatic carbocycles. The van der Waals surface area contributed by atoms with E-state index in [1.54, 1.807) is 0 Å². The Labute approximate surface area is 467 Å². The Kier molecular flexibility index (Phi) is 61.7. The van der Waals surface area contributed by atoms with Crippen molar-refractivity contribution < 1.29 is 28.6 Å². The third-order valence-electron chi connectivity index (χ3n) is 14.8. The topological polar surface area (TPSA) is 78.9 Å². The van der Waals surface area contributed by atoms with Gasteiger partial charge in [-0.15, -0.1) is 0 Å². The van der Waals surface area contributed by atoms with E-state index in [1.165, 1.54) is 231 Å². The van der Waals surface area contributed by atoms with E-state index in [1.807, 2.05) is 0 Å². The van der Waals surface area contributed by atoms with Crippen LogP contribution in [0.2, 0.25) is 0 Å². The molecule has 0 aliphatic rings. The van der Waals surface area contributed by atoms with Crippen LogP contribution in [0.4, 0.5) is 0 Å². The predicted octanol–water partition coefficient (Wildman–Crippen LogP) is 22.6. The molecule has 6 nitrogen and oxygen atoms in total. The molecule has 0 N–H and O–H groups in total. The Morgan fingerprint density at radius 2 is 0.520 bits per heavy atom. The van der Waals surface area contributed by atoms with Gasteiger partial charge in [-0.25, -0.2) is 0 Å². The summed E-state index contributed by atoms with van der Waals surface area (Å²) in [5.74, 6) is -0.901. The standard InChI is InChI=1S/C69H126O6/c1-4-7-10-13-16-19-22-25-28-30-31-32-33-34-35-36-37-38-39-42-44-47-50-53-56-59-62-68(71)74-65-66(64-73-67(70)61-58-55-52-49-46-43-40-27-24-21-18-15-12-9-6-3)75-69(72)63-60-57-54-51-48-45-41-29-26-23-20-17-14-11-8-5-2/h9,12,18,21,27,40,46,49,66H,4-8,10-11,13-17,19-20,22-26,28-39,41-45,47-48,50-65H2,1-3H3/b12-9-,21-18-,40-27-,49-46-. The Morgan fingerprint density at radius 3 is 0.813 bits per heavy atom. The molecule has 0 saturated carbocycles.